The Hall–Kier alpha value is -1.35. The molecule has 3 nitrogen and oxygen atoms in total. The van der Waals surface area contributed by atoms with Crippen molar-refractivity contribution in [3.63, 3.8) is 0 Å². The highest BCUT2D eigenvalue weighted by molar-refractivity contribution is 5.66. The van der Waals surface area contributed by atoms with Crippen molar-refractivity contribution < 1.29 is 14.3 Å². The maximum absolute atomic E-state index is 10.5. The van der Waals surface area contributed by atoms with E-state index in [9.17, 15) is 4.79 Å². The van der Waals surface area contributed by atoms with Gasteiger partial charge in [0.25, 0.3) is 0 Å². The first-order chi connectivity index (χ1) is 8.05. The average molecular weight is 238 g/mol. The molecule has 0 unspecified atom stereocenters. The van der Waals surface area contributed by atoms with Crippen molar-refractivity contribution in [2.75, 3.05) is 7.11 Å². The zero-order valence-electron chi connectivity index (χ0n) is 11.1. The molecule has 0 aromatic carbocycles. The van der Waals surface area contributed by atoms with Crippen LogP contribution in [0.5, 0.6) is 0 Å². The van der Waals surface area contributed by atoms with Crippen molar-refractivity contribution in [2.24, 2.45) is 0 Å². The fraction of sp³-hybridized carbons (Fsp3) is 0.500. The van der Waals surface area contributed by atoms with E-state index in [1.165, 1.54) is 6.08 Å². The van der Waals surface area contributed by atoms with Crippen LogP contribution in [0.25, 0.3) is 0 Å². The normalized spacial score (nSPS) is 13.5. The van der Waals surface area contributed by atoms with Crippen molar-refractivity contribution in [3.05, 3.63) is 36.1 Å². The molecule has 0 aliphatic rings. The number of ether oxygens (including phenoxy) is 2. The molecule has 0 aromatic heterocycles. The number of hydrogen-bond acceptors (Lipinski definition) is 3. The lowest BCUT2D eigenvalue weighted by atomic mass is 10.3. The molecule has 0 fully saturated rings. The highest BCUT2D eigenvalue weighted by Crippen LogP contribution is 2.15. The maximum Gasteiger partial charge on any atom is 0.204 e. The van der Waals surface area contributed by atoms with E-state index in [0.29, 0.717) is 12.0 Å². The SMILES string of the molecule is CCC/C=C/C=C/C(=C/C=O)OC(C)(C)OC. The maximum atomic E-state index is 10.5. The van der Waals surface area contributed by atoms with Crippen LogP contribution >= 0.6 is 0 Å². The minimum Gasteiger partial charge on any atom is -0.463 e. The Morgan fingerprint density at radius 3 is 2.53 bits per heavy atom. The van der Waals surface area contributed by atoms with Gasteiger partial charge in [0, 0.05) is 27.0 Å². The van der Waals surface area contributed by atoms with E-state index >= 15 is 0 Å². The molecule has 0 saturated heterocycles. The lowest BCUT2D eigenvalue weighted by molar-refractivity contribution is -0.168. The van der Waals surface area contributed by atoms with E-state index in [1.54, 1.807) is 27.0 Å². The molecule has 0 amide bonds. The quantitative estimate of drug-likeness (QED) is 0.214. The lowest BCUT2D eigenvalue weighted by Gasteiger charge is -2.24. The van der Waals surface area contributed by atoms with Gasteiger partial charge in [0.15, 0.2) is 0 Å². The highest BCUT2D eigenvalue weighted by atomic mass is 16.7. The van der Waals surface area contributed by atoms with Crippen molar-refractivity contribution in [2.45, 2.75) is 39.4 Å². The lowest BCUT2D eigenvalue weighted by Crippen LogP contribution is -2.25. The van der Waals surface area contributed by atoms with Gasteiger partial charge in [-0.15, -0.1) is 0 Å². The van der Waals surface area contributed by atoms with Gasteiger partial charge in [0.1, 0.15) is 12.0 Å². The van der Waals surface area contributed by atoms with E-state index in [0.717, 1.165) is 12.8 Å². The molecule has 17 heavy (non-hydrogen) atoms. The van der Waals surface area contributed by atoms with Crippen LogP contribution in [0.2, 0.25) is 0 Å². The number of methoxy groups -OCH3 is 1. The average Bonchev–Trinajstić information content (AvgIpc) is 2.28. The third-order valence-corrected chi connectivity index (χ3v) is 2.05. The number of aldehydes is 1. The molecule has 0 radical (unpaired) electrons. The summed E-state index contributed by atoms with van der Waals surface area (Å²) in [6.07, 6.45) is 11.8. The summed E-state index contributed by atoms with van der Waals surface area (Å²) in [7, 11) is 1.56. The van der Waals surface area contributed by atoms with E-state index in [2.05, 4.69) is 13.0 Å². The Morgan fingerprint density at radius 1 is 1.29 bits per heavy atom. The second kappa shape index (κ2) is 8.76. The third-order valence-electron chi connectivity index (χ3n) is 2.05. The third kappa shape index (κ3) is 8.46. The number of carbonyl (C=O) groups excluding carboxylic acids is 1. The molecule has 0 rings (SSSR count). The van der Waals surface area contributed by atoms with E-state index in [4.69, 9.17) is 9.47 Å². The van der Waals surface area contributed by atoms with Crippen molar-refractivity contribution >= 4 is 6.29 Å². The predicted octanol–water partition coefficient (Wildman–Crippen LogP) is 3.38. The summed E-state index contributed by atoms with van der Waals surface area (Å²) in [6, 6.07) is 0. The summed E-state index contributed by atoms with van der Waals surface area (Å²) in [5.41, 5.74) is 0. The van der Waals surface area contributed by atoms with Crippen LogP contribution in [0.3, 0.4) is 0 Å². The highest BCUT2D eigenvalue weighted by Gasteiger charge is 2.18. The second-order valence-corrected chi connectivity index (χ2v) is 3.99. The number of unbranched alkanes of at least 4 members (excludes halogenated alkanes) is 1. The van der Waals surface area contributed by atoms with Gasteiger partial charge in [-0.3, -0.25) is 4.79 Å². The molecule has 0 aromatic rings. The van der Waals surface area contributed by atoms with Crippen LogP contribution in [-0.4, -0.2) is 19.2 Å². The Kier molecular flexibility index (Phi) is 8.07. The predicted molar refractivity (Wildman–Crippen MR) is 69.5 cm³/mol. The molecule has 96 valence electrons. The molecular formula is C14H22O3. The standard InChI is InChI=1S/C14H22O3/c1-5-6-7-8-9-10-13(11-12-15)17-14(2,3)16-4/h7-12H,5-6H2,1-4H3/b8-7+,10-9+,13-11-. The zero-order chi connectivity index (χ0) is 13.1. The smallest absolute Gasteiger partial charge is 0.204 e. The first-order valence-corrected chi connectivity index (χ1v) is 5.78. The number of hydrogen-bond donors (Lipinski definition) is 0. The molecule has 0 aliphatic heterocycles. The summed E-state index contributed by atoms with van der Waals surface area (Å²) in [4.78, 5) is 10.5. The van der Waals surface area contributed by atoms with Crippen LogP contribution in [0.15, 0.2) is 36.1 Å². The molecule has 0 spiro atoms. The first-order valence-electron chi connectivity index (χ1n) is 5.78. The number of allylic oxidation sites excluding steroid dienone is 5. The van der Waals surface area contributed by atoms with Gasteiger partial charge >= 0.3 is 0 Å². The largest absolute Gasteiger partial charge is 0.463 e. The van der Waals surface area contributed by atoms with Crippen molar-refractivity contribution in [1.82, 2.24) is 0 Å². The van der Waals surface area contributed by atoms with E-state index < -0.39 is 5.79 Å². The Balaban J connectivity index is 4.45. The van der Waals surface area contributed by atoms with Crippen LogP contribution in [0, 0.1) is 0 Å². The minimum absolute atomic E-state index is 0.480. The van der Waals surface area contributed by atoms with Crippen LogP contribution in [0.4, 0.5) is 0 Å². The molecule has 0 aliphatic carbocycles. The van der Waals surface area contributed by atoms with Crippen LogP contribution < -0.4 is 0 Å². The Morgan fingerprint density at radius 2 is 2.00 bits per heavy atom. The van der Waals surface area contributed by atoms with E-state index in [1.807, 2.05) is 12.2 Å². The molecule has 0 N–H and O–H groups in total. The van der Waals surface area contributed by atoms with Crippen LogP contribution in [-0.2, 0) is 14.3 Å². The summed E-state index contributed by atoms with van der Waals surface area (Å²) < 4.78 is 10.6. The molecule has 0 saturated carbocycles. The van der Waals surface area contributed by atoms with Gasteiger partial charge in [0.05, 0.1) is 0 Å². The Bertz CT molecular complexity index is 299. The molecule has 0 heterocycles. The molecule has 3 heteroatoms. The van der Waals surface area contributed by atoms with Gasteiger partial charge in [-0.2, -0.15) is 0 Å². The van der Waals surface area contributed by atoms with Gasteiger partial charge in [0.2, 0.25) is 5.79 Å². The van der Waals surface area contributed by atoms with Gasteiger partial charge in [-0.1, -0.05) is 31.6 Å². The minimum atomic E-state index is -0.744. The van der Waals surface area contributed by atoms with Gasteiger partial charge < -0.3 is 9.47 Å². The molecule has 0 bridgehead atoms. The molecular weight excluding hydrogens is 216 g/mol. The van der Waals surface area contributed by atoms with E-state index in [-0.39, 0.29) is 0 Å². The Labute approximate surface area is 104 Å². The zero-order valence-corrected chi connectivity index (χ0v) is 11.1. The fourth-order valence-electron chi connectivity index (χ4n) is 1.01. The van der Waals surface area contributed by atoms with Crippen LogP contribution in [0.1, 0.15) is 33.6 Å². The summed E-state index contributed by atoms with van der Waals surface area (Å²) >= 11 is 0. The van der Waals surface area contributed by atoms with Gasteiger partial charge in [-0.25, -0.2) is 0 Å². The first kappa shape index (κ1) is 15.7. The summed E-state index contributed by atoms with van der Waals surface area (Å²) in [5, 5.41) is 0. The number of carbonyl (C=O) groups is 1. The van der Waals surface area contributed by atoms with Crippen molar-refractivity contribution in [3.8, 4) is 0 Å². The topological polar surface area (TPSA) is 35.5 Å². The number of rotatable bonds is 8. The van der Waals surface area contributed by atoms with Gasteiger partial charge in [-0.05, 0) is 12.5 Å². The molecule has 0 atom stereocenters. The monoisotopic (exact) mass is 238 g/mol. The van der Waals surface area contributed by atoms with Crippen molar-refractivity contribution in [1.29, 1.82) is 0 Å². The summed E-state index contributed by atoms with van der Waals surface area (Å²) in [5.74, 6) is -0.264. The summed E-state index contributed by atoms with van der Waals surface area (Å²) in [6.45, 7) is 5.69. The fourth-order valence-corrected chi connectivity index (χ4v) is 1.01. The second-order valence-electron chi connectivity index (χ2n) is 3.99.